The summed E-state index contributed by atoms with van der Waals surface area (Å²) in [6.07, 6.45) is 3.87. The summed E-state index contributed by atoms with van der Waals surface area (Å²) < 4.78 is 11.1. The molecule has 1 aromatic heterocycles. The molecule has 0 saturated carbocycles. The van der Waals surface area contributed by atoms with E-state index in [0.29, 0.717) is 12.4 Å². The summed E-state index contributed by atoms with van der Waals surface area (Å²) in [4.78, 5) is 9.07. The predicted molar refractivity (Wildman–Crippen MR) is 126 cm³/mol. The zero-order valence-corrected chi connectivity index (χ0v) is 19.9. The normalized spacial score (nSPS) is 19.1. The van der Waals surface area contributed by atoms with Crippen molar-refractivity contribution in [3.63, 3.8) is 0 Å². The van der Waals surface area contributed by atoms with Crippen molar-refractivity contribution in [2.75, 3.05) is 26.2 Å². The lowest BCUT2D eigenvalue weighted by Crippen LogP contribution is -2.40. The number of nitrogens with zero attached hydrogens (tertiary/aromatic N) is 3. The van der Waals surface area contributed by atoms with E-state index in [1.54, 1.807) is 0 Å². The van der Waals surface area contributed by atoms with Crippen LogP contribution >= 0.6 is 24.0 Å². The molecule has 2 aromatic rings. The van der Waals surface area contributed by atoms with Gasteiger partial charge in [-0.1, -0.05) is 24.2 Å². The smallest absolute Gasteiger partial charge is 0.257 e. The van der Waals surface area contributed by atoms with Crippen LogP contribution in [0.25, 0.3) is 11.5 Å². The molecule has 0 radical (unpaired) electrons. The van der Waals surface area contributed by atoms with E-state index in [4.69, 9.17) is 14.3 Å². The molecule has 1 aromatic carbocycles. The molecule has 29 heavy (non-hydrogen) atoms. The molecule has 7 nitrogen and oxygen atoms in total. The quantitative estimate of drug-likeness (QED) is 0.319. The minimum Gasteiger partial charge on any atom is -0.373 e. The highest BCUT2D eigenvalue weighted by Crippen LogP contribution is 2.25. The van der Waals surface area contributed by atoms with Crippen LogP contribution in [0, 0.1) is 0 Å². The third kappa shape index (κ3) is 6.95. The molecule has 0 spiro atoms. The van der Waals surface area contributed by atoms with Crippen LogP contribution in [0.3, 0.4) is 0 Å². The monoisotopic (exact) mass is 513 g/mol. The maximum atomic E-state index is 5.82. The van der Waals surface area contributed by atoms with Crippen molar-refractivity contribution >= 4 is 29.9 Å². The van der Waals surface area contributed by atoms with E-state index in [9.17, 15) is 0 Å². The number of aromatic nitrogens is 2. The van der Waals surface area contributed by atoms with Crippen LogP contribution in [0.1, 0.15) is 45.0 Å². The van der Waals surface area contributed by atoms with Crippen molar-refractivity contribution < 1.29 is 9.26 Å². The number of aryl methyl sites for hydroxylation is 1. The van der Waals surface area contributed by atoms with Gasteiger partial charge in [-0.25, -0.2) is 0 Å². The molecule has 2 N–H and O–H groups in total. The second-order valence-electron chi connectivity index (χ2n) is 7.34. The van der Waals surface area contributed by atoms with Crippen molar-refractivity contribution in [3.8, 4) is 11.5 Å². The van der Waals surface area contributed by atoms with Gasteiger partial charge in [0.15, 0.2) is 11.8 Å². The number of aliphatic imine (C=N–C) groups is 1. The van der Waals surface area contributed by atoms with Gasteiger partial charge >= 0.3 is 0 Å². The molecular formula is C21H32IN5O2. The van der Waals surface area contributed by atoms with Gasteiger partial charge in [0.05, 0.1) is 12.1 Å². The topological polar surface area (TPSA) is 84.6 Å². The number of hydrogen-bond donors (Lipinski definition) is 2. The summed E-state index contributed by atoms with van der Waals surface area (Å²) in [6.45, 7) is 9.39. The number of benzene rings is 1. The Kier molecular flexibility index (Phi) is 9.35. The molecular weight excluding hydrogens is 481 g/mol. The molecule has 1 aliphatic rings. The Hall–Kier alpha value is -1.68. The number of nitrogens with one attached hydrogen (secondary N) is 2. The fraction of sp³-hybridized carbons (Fsp3) is 0.571. The van der Waals surface area contributed by atoms with Crippen LogP contribution in [0.5, 0.6) is 0 Å². The minimum atomic E-state index is -0.120. The molecule has 2 heterocycles. The Morgan fingerprint density at radius 1 is 1.21 bits per heavy atom. The molecule has 0 bridgehead atoms. The van der Waals surface area contributed by atoms with Crippen LogP contribution in [-0.4, -0.2) is 47.9 Å². The van der Waals surface area contributed by atoms with Gasteiger partial charge < -0.3 is 19.9 Å². The highest BCUT2D eigenvalue weighted by Gasteiger charge is 2.29. The second-order valence-corrected chi connectivity index (χ2v) is 7.34. The van der Waals surface area contributed by atoms with Crippen LogP contribution < -0.4 is 10.6 Å². The standard InChI is InChI=1S/C21H31N5O2.HI/c1-4-18-25-19(28-26-18)17-9-7-16(8-10-17)11-13-23-20(22-5-2)24-15-21(3)12-6-14-27-21;/h7-10H,4-6,11-15H2,1-3H3,(H2,22,23,24);1H. The maximum absolute atomic E-state index is 5.82. The van der Waals surface area contributed by atoms with Gasteiger partial charge in [0.25, 0.3) is 5.89 Å². The van der Waals surface area contributed by atoms with E-state index in [1.807, 2.05) is 19.1 Å². The number of hydrogen-bond acceptors (Lipinski definition) is 5. The molecule has 1 unspecified atom stereocenters. The first kappa shape index (κ1) is 23.6. The van der Waals surface area contributed by atoms with Crippen molar-refractivity contribution in [2.24, 2.45) is 4.99 Å². The SMILES string of the molecule is CCNC(=NCC1(C)CCCO1)NCCc1ccc(-c2nc(CC)no2)cc1.I. The first-order valence-corrected chi connectivity index (χ1v) is 10.2. The average molecular weight is 513 g/mol. The molecule has 8 heteroatoms. The predicted octanol–water partition coefficient (Wildman–Crippen LogP) is 3.58. The number of guanidine groups is 1. The second kappa shape index (κ2) is 11.5. The molecule has 1 atom stereocenters. The Balaban J connectivity index is 0.00000300. The highest BCUT2D eigenvalue weighted by atomic mass is 127. The largest absolute Gasteiger partial charge is 0.373 e. The Morgan fingerprint density at radius 2 is 2.00 bits per heavy atom. The first-order valence-electron chi connectivity index (χ1n) is 10.2. The fourth-order valence-electron chi connectivity index (χ4n) is 3.20. The third-order valence-electron chi connectivity index (χ3n) is 4.91. The zero-order chi connectivity index (χ0) is 19.8. The summed E-state index contributed by atoms with van der Waals surface area (Å²) in [5.41, 5.74) is 2.07. The fourth-order valence-corrected chi connectivity index (χ4v) is 3.20. The molecule has 1 aliphatic heterocycles. The van der Waals surface area contributed by atoms with Gasteiger partial charge in [-0.3, -0.25) is 4.99 Å². The van der Waals surface area contributed by atoms with Crippen LogP contribution in [-0.2, 0) is 17.6 Å². The summed E-state index contributed by atoms with van der Waals surface area (Å²) in [5, 5.41) is 10.7. The van der Waals surface area contributed by atoms with E-state index in [2.05, 4.69) is 46.8 Å². The van der Waals surface area contributed by atoms with Gasteiger partial charge in [-0.2, -0.15) is 4.98 Å². The third-order valence-corrected chi connectivity index (χ3v) is 4.91. The van der Waals surface area contributed by atoms with Crippen molar-refractivity contribution in [1.29, 1.82) is 0 Å². The number of ether oxygens (including phenoxy) is 1. The maximum Gasteiger partial charge on any atom is 0.257 e. The number of halogens is 1. The molecule has 0 aliphatic carbocycles. The molecule has 0 amide bonds. The van der Waals surface area contributed by atoms with Gasteiger partial charge in [0.1, 0.15) is 0 Å². The first-order chi connectivity index (χ1) is 13.6. The summed E-state index contributed by atoms with van der Waals surface area (Å²) in [5.74, 6) is 2.15. The summed E-state index contributed by atoms with van der Waals surface area (Å²) in [6, 6.07) is 8.26. The van der Waals surface area contributed by atoms with E-state index < -0.39 is 0 Å². The van der Waals surface area contributed by atoms with Gasteiger partial charge in [-0.05, 0) is 50.8 Å². The van der Waals surface area contributed by atoms with Crippen LogP contribution in [0.15, 0.2) is 33.8 Å². The minimum absolute atomic E-state index is 0. The Bertz CT molecular complexity index is 770. The van der Waals surface area contributed by atoms with Crippen LogP contribution in [0.2, 0.25) is 0 Å². The lowest BCUT2D eigenvalue weighted by molar-refractivity contribution is 0.0283. The van der Waals surface area contributed by atoms with Gasteiger partial charge in [0.2, 0.25) is 0 Å². The zero-order valence-electron chi connectivity index (χ0n) is 17.5. The molecule has 1 saturated heterocycles. The van der Waals surface area contributed by atoms with Crippen molar-refractivity contribution in [3.05, 3.63) is 35.7 Å². The van der Waals surface area contributed by atoms with Gasteiger partial charge in [-0.15, -0.1) is 24.0 Å². The average Bonchev–Trinajstić information content (AvgIpc) is 3.36. The van der Waals surface area contributed by atoms with E-state index in [-0.39, 0.29) is 29.6 Å². The molecule has 1 fully saturated rings. The molecule has 160 valence electrons. The lowest BCUT2D eigenvalue weighted by atomic mass is 10.0. The number of rotatable bonds is 8. The lowest BCUT2D eigenvalue weighted by Gasteiger charge is -2.21. The van der Waals surface area contributed by atoms with E-state index >= 15 is 0 Å². The van der Waals surface area contributed by atoms with Gasteiger partial charge in [0, 0.05) is 31.7 Å². The summed E-state index contributed by atoms with van der Waals surface area (Å²) >= 11 is 0. The Morgan fingerprint density at radius 3 is 2.62 bits per heavy atom. The van der Waals surface area contributed by atoms with Crippen molar-refractivity contribution in [2.45, 2.75) is 52.1 Å². The summed E-state index contributed by atoms with van der Waals surface area (Å²) in [7, 11) is 0. The Labute approximate surface area is 190 Å². The van der Waals surface area contributed by atoms with E-state index in [1.165, 1.54) is 5.56 Å². The highest BCUT2D eigenvalue weighted by molar-refractivity contribution is 14.0. The van der Waals surface area contributed by atoms with Crippen LogP contribution in [0.4, 0.5) is 0 Å². The van der Waals surface area contributed by atoms with E-state index in [0.717, 1.165) is 62.7 Å². The van der Waals surface area contributed by atoms with Crippen molar-refractivity contribution in [1.82, 2.24) is 20.8 Å². The molecule has 3 rings (SSSR count).